The van der Waals surface area contributed by atoms with Crippen molar-refractivity contribution in [3.05, 3.63) is 54.0 Å². The summed E-state index contributed by atoms with van der Waals surface area (Å²) in [4.78, 5) is 0. The zero-order valence-electron chi connectivity index (χ0n) is 11.1. The monoisotopic (exact) mass is 274 g/mol. The minimum atomic E-state index is 0.540. The van der Waals surface area contributed by atoms with Crippen molar-refractivity contribution in [2.24, 2.45) is 0 Å². The van der Waals surface area contributed by atoms with Crippen molar-refractivity contribution < 1.29 is 4.42 Å². The van der Waals surface area contributed by atoms with Crippen LogP contribution < -0.4 is 10.6 Å². The van der Waals surface area contributed by atoms with Gasteiger partial charge in [0.1, 0.15) is 5.76 Å². The molecule has 0 radical (unpaired) electrons. The highest BCUT2D eigenvalue weighted by Gasteiger charge is 2.01. The van der Waals surface area contributed by atoms with Crippen molar-refractivity contribution in [3.63, 3.8) is 0 Å². The fraction of sp³-hybridized carbons (Fsp3) is 0.267. The second-order valence-electron chi connectivity index (χ2n) is 4.66. The van der Waals surface area contributed by atoms with Gasteiger partial charge >= 0.3 is 0 Å². The van der Waals surface area contributed by atoms with E-state index in [0.29, 0.717) is 17.6 Å². The number of anilines is 1. The van der Waals surface area contributed by atoms with Crippen molar-refractivity contribution >= 4 is 23.0 Å². The molecule has 0 saturated carbocycles. The Balaban J connectivity index is 1.84. The maximum atomic E-state index is 5.23. The molecular weight excluding hydrogens is 256 g/mol. The molecule has 0 atom stereocenters. The van der Waals surface area contributed by atoms with Gasteiger partial charge in [0.15, 0.2) is 5.11 Å². The minimum absolute atomic E-state index is 0.540. The fourth-order valence-electron chi connectivity index (χ4n) is 1.71. The lowest BCUT2D eigenvalue weighted by molar-refractivity contribution is 0.503. The third-order valence-corrected chi connectivity index (χ3v) is 3.08. The molecular formula is C15H18N2OS. The standard InChI is InChI=1S/C15H18N2OS/c1-11(2)12-5-7-13(8-6-12)17-15(19)16-10-14-4-3-9-18-14/h3-9,11H,10H2,1-2H3,(H2,16,17,19). The normalized spacial score (nSPS) is 10.5. The molecule has 0 bridgehead atoms. The molecule has 2 rings (SSSR count). The average Bonchev–Trinajstić information content (AvgIpc) is 2.90. The number of hydrogen-bond acceptors (Lipinski definition) is 2. The number of hydrogen-bond donors (Lipinski definition) is 2. The predicted molar refractivity (Wildman–Crippen MR) is 82.3 cm³/mol. The SMILES string of the molecule is CC(C)c1ccc(NC(=S)NCc2ccco2)cc1. The molecule has 1 aromatic heterocycles. The number of thiocarbonyl (C=S) groups is 1. The molecule has 100 valence electrons. The van der Waals surface area contributed by atoms with Crippen LogP contribution in [0.2, 0.25) is 0 Å². The fourth-order valence-corrected chi connectivity index (χ4v) is 1.90. The van der Waals surface area contributed by atoms with Crippen LogP contribution in [0.3, 0.4) is 0 Å². The lowest BCUT2D eigenvalue weighted by atomic mass is 10.0. The molecule has 0 aliphatic heterocycles. The first-order valence-corrected chi connectivity index (χ1v) is 6.73. The highest BCUT2D eigenvalue weighted by Crippen LogP contribution is 2.17. The van der Waals surface area contributed by atoms with E-state index in [1.807, 2.05) is 24.3 Å². The summed E-state index contributed by atoms with van der Waals surface area (Å²) in [6, 6.07) is 12.1. The van der Waals surface area contributed by atoms with Crippen molar-refractivity contribution in [3.8, 4) is 0 Å². The van der Waals surface area contributed by atoms with Crippen LogP contribution in [0.15, 0.2) is 47.1 Å². The number of rotatable bonds is 4. The molecule has 0 aliphatic rings. The van der Waals surface area contributed by atoms with E-state index in [2.05, 4.69) is 36.6 Å². The summed E-state index contributed by atoms with van der Waals surface area (Å²) in [5, 5.41) is 6.84. The van der Waals surface area contributed by atoms with E-state index in [1.165, 1.54) is 5.56 Å². The highest BCUT2D eigenvalue weighted by atomic mass is 32.1. The summed E-state index contributed by atoms with van der Waals surface area (Å²) in [7, 11) is 0. The molecule has 0 amide bonds. The van der Waals surface area contributed by atoms with Crippen molar-refractivity contribution in [1.29, 1.82) is 0 Å². The van der Waals surface area contributed by atoms with E-state index in [-0.39, 0.29) is 0 Å². The van der Waals surface area contributed by atoms with Crippen LogP contribution in [0.25, 0.3) is 0 Å². The second-order valence-corrected chi connectivity index (χ2v) is 5.07. The lowest BCUT2D eigenvalue weighted by Gasteiger charge is -2.11. The molecule has 0 aliphatic carbocycles. The van der Waals surface area contributed by atoms with E-state index < -0.39 is 0 Å². The first-order chi connectivity index (χ1) is 9.15. The van der Waals surface area contributed by atoms with Gasteiger partial charge in [-0.3, -0.25) is 0 Å². The second kappa shape index (κ2) is 6.38. The van der Waals surface area contributed by atoms with E-state index >= 15 is 0 Å². The van der Waals surface area contributed by atoms with Gasteiger partial charge in [-0.25, -0.2) is 0 Å². The molecule has 2 N–H and O–H groups in total. The molecule has 0 saturated heterocycles. The molecule has 3 nitrogen and oxygen atoms in total. The molecule has 2 aromatic rings. The maximum Gasteiger partial charge on any atom is 0.171 e. The molecule has 1 aromatic carbocycles. The van der Waals surface area contributed by atoms with Crippen molar-refractivity contribution in [2.75, 3.05) is 5.32 Å². The van der Waals surface area contributed by atoms with E-state index in [4.69, 9.17) is 16.6 Å². The number of nitrogens with one attached hydrogen (secondary N) is 2. The Morgan fingerprint density at radius 2 is 1.95 bits per heavy atom. The molecule has 4 heteroatoms. The van der Waals surface area contributed by atoms with Gasteiger partial charge in [0.05, 0.1) is 12.8 Å². The van der Waals surface area contributed by atoms with Crippen LogP contribution >= 0.6 is 12.2 Å². The molecule has 0 spiro atoms. The molecule has 1 heterocycles. The summed E-state index contributed by atoms with van der Waals surface area (Å²) in [6.45, 7) is 4.94. The zero-order chi connectivity index (χ0) is 13.7. The maximum absolute atomic E-state index is 5.23. The van der Waals surface area contributed by atoms with Gasteiger partial charge in [0.25, 0.3) is 0 Å². The van der Waals surface area contributed by atoms with Gasteiger partial charge < -0.3 is 15.1 Å². The quantitative estimate of drug-likeness (QED) is 0.829. The Labute approximate surface area is 119 Å². The Morgan fingerprint density at radius 1 is 1.21 bits per heavy atom. The molecule has 0 fully saturated rings. The first-order valence-electron chi connectivity index (χ1n) is 6.32. The van der Waals surface area contributed by atoms with E-state index in [9.17, 15) is 0 Å². The number of furan rings is 1. The Kier molecular flexibility index (Phi) is 4.58. The predicted octanol–water partition coefficient (Wildman–Crippen LogP) is 3.89. The van der Waals surface area contributed by atoms with Crippen LogP contribution in [0.5, 0.6) is 0 Å². The largest absolute Gasteiger partial charge is 0.467 e. The highest BCUT2D eigenvalue weighted by molar-refractivity contribution is 7.80. The minimum Gasteiger partial charge on any atom is -0.467 e. The van der Waals surface area contributed by atoms with Crippen LogP contribution in [-0.4, -0.2) is 5.11 Å². The van der Waals surface area contributed by atoms with E-state index in [0.717, 1.165) is 11.4 Å². The topological polar surface area (TPSA) is 37.2 Å². The Bertz CT molecular complexity index is 518. The summed E-state index contributed by atoms with van der Waals surface area (Å²) in [5.74, 6) is 1.40. The summed E-state index contributed by atoms with van der Waals surface area (Å²) in [5.41, 5.74) is 2.31. The molecule has 19 heavy (non-hydrogen) atoms. The third kappa shape index (κ3) is 4.10. The van der Waals surface area contributed by atoms with Gasteiger partial charge in [0, 0.05) is 5.69 Å². The van der Waals surface area contributed by atoms with Gasteiger partial charge in [0.2, 0.25) is 0 Å². The first kappa shape index (κ1) is 13.6. The van der Waals surface area contributed by atoms with Crippen LogP contribution in [0, 0.1) is 0 Å². The lowest BCUT2D eigenvalue weighted by Crippen LogP contribution is -2.27. The Morgan fingerprint density at radius 3 is 2.53 bits per heavy atom. The summed E-state index contributed by atoms with van der Waals surface area (Å²) >= 11 is 5.23. The Hall–Kier alpha value is -1.81. The van der Waals surface area contributed by atoms with Gasteiger partial charge in [-0.05, 0) is 48.0 Å². The van der Waals surface area contributed by atoms with Crippen molar-refractivity contribution in [2.45, 2.75) is 26.3 Å². The average molecular weight is 274 g/mol. The summed E-state index contributed by atoms with van der Waals surface area (Å²) < 4.78 is 5.23. The van der Waals surface area contributed by atoms with Crippen LogP contribution in [-0.2, 0) is 6.54 Å². The van der Waals surface area contributed by atoms with Gasteiger partial charge in [-0.1, -0.05) is 26.0 Å². The van der Waals surface area contributed by atoms with Gasteiger partial charge in [-0.2, -0.15) is 0 Å². The smallest absolute Gasteiger partial charge is 0.171 e. The number of benzene rings is 1. The summed E-state index contributed by atoms with van der Waals surface area (Å²) in [6.07, 6.45) is 1.65. The van der Waals surface area contributed by atoms with Crippen molar-refractivity contribution in [1.82, 2.24) is 5.32 Å². The van der Waals surface area contributed by atoms with Crippen LogP contribution in [0.4, 0.5) is 5.69 Å². The molecule has 0 unspecified atom stereocenters. The zero-order valence-corrected chi connectivity index (χ0v) is 12.0. The van der Waals surface area contributed by atoms with Gasteiger partial charge in [-0.15, -0.1) is 0 Å². The third-order valence-electron chi connectivity index (χ3n) is 2.84. The van der Waals surface area contributed by atoms with Crippen LogP contribution in [0.1, 0.15) is 31.1 Å². The van der Waals surface area contributed by atoms with E-state index in [1.54, 1.807) is 6.26 Å².